The van der Waals surface area contributed by atoms with Crippen LogP contribution in [0.25, 0.3) is 0 Å². The van der Waals surface area contributed by atoms with Gasteiger partial charge < -0.3 is 4.74 Å². The number of halogens is 2. The number of sulfonamides is 1. The zero-order valence-corrected chi connectivity index (χ0v) is 12.0. The van der Waals surface area contributed by atoms with Crippen LogP contribution >= 0.6 is 11.6 Å². The fraction of sp³-hybridized carbons (Fsp3) is 0.0769. The fourth-order valence-corrected chi connectivity index (χ4v) is 2.98. The molecule has 0 aliphatic heterocycles. The van der Waals surface area contributed by atoms with E-state index in [1.165, 1.54) is 49.6 Å². The summed E-state index contributed by atoms with van der Waals surface area (Å²) in [6.07, 6.45) is 0. The van der Waals surface area contributed by atoms with Crippen LogP contribution in [0.1, 0.15) is 0 Å². The third-order valence-electron chi connectivity index (χ3n) is 2.55. The maximum Gasteiger partial charge on any atom is 0.262 e. The second-order valence-electron chi connectivity index (χ2n) is 3.88. The second-order valence-corrected chi connectivity index (χ2v) is 5.97. The highest BCUT2D eigenvalue weighted by molar-refractivity contribution is 7.92. The van der Waals surface area contributed by atoms with Gasteiger partial charge in [-0.1, -0.05) is 23.7 Å². The maximum atomic E-state index is 13.5. The minimum Gasteiger partial charge on any atom is -0.495 e. The van der Waals surface area contributed by atoms with E-state index in [1.807, 2.05) is 0 Å². The van der Waals surface area contributed by atoms with Gasteiger partial charge in [-0.05, 0) is 30.3 Å². The number of anilines is 1. The van der Waals surface area contributed by atoms with Crippen molar-refractivity contribution in [2.24, 2.45) is 0 Å². The smallest absolute Gasteiger partial charge is 0.262 e. The van der Waals surface area contributed by atoms with Crippen molar-refractivity contribution in [3.8, 4) is 5.75 Å². The summed E-state index contributed by atoms with van der Waals surface area (Å²) < 4.78 is 44.8. The standard InChI is InChI=1S/C13H11ClFNO3S/c1-19-13-7-6-9(8-10(13)14)20(17,18)16-12-5-3-2-4-11(12)15/h2-8,16H,1H3. The molecule has 0 unspecified atom stereocenters. The van der Waals surface area contributed by atoms with Gasteiger partial charge in [0, 0.05) is 0 Å². The molecule has 0 fully saturated rings. The largest absolute Gasteiger partial charge is 0.495 e. The summed E-state index contributed by atoms with van der Waals surface area (Å²) in [5, 5.41) is 0.156. The number of ether oxygens (including phenoxy) is 1. The number of benzene rings is 2. The number of hydrogen-bond acceptors (Lipinski definition) is 3. The number of nitrogens with one attached hydrogen (secondary N) is 1. The lowest BCUT2D eigenvalue weighted by molar-refractivity contribution is 0.414. The molecule has 4 nitrogen and oxygen atoms in total. The first kappa shape index (κ1) is 14.6. The van der Waals surface area contributed by atoms with Crippen molar-refractivity contribution >= 4 is 27.3 Å². The van der Waals surface area contributed by atoms with Gasteiger partial charge in [-0.2, -0.15) is 0 Å². The topological polar surface area (TPSA) is 55.4 Å². The van der Waals surface area contributed by atoms with Gasteiger partial charge in [-0.15, -0.1) is 0 Å². The van der Waals surface area contributed by atoms with E-state index >= 15 is 0 Å². The SMILES string of the molecule is COc1ccc(S(=O)(=O)Nc2ccccc2F)cc1Cl. The molecule has 0 spiro atoms. The Morgan fingerprint density at radius 3 is 2.50 bits per heavy atom. The first-order chi connectivity index (χ1) is 9.44. The minimum absolute atomic E-state index is 0.0773. The van der Waals surface area contributed by atoms with E-state index in [-0.39, 0.29) is 15.6 Å². The highest BCUT2D eigenvalue weighted by atomic mass is 35.5. The molecule has 0 atom stereocenters. The van der Waals surface area contributed by atoms with Crippen LogP contribution in [-0.4, -0.2) is 15.5 Å². The molecule has 2 aromatic carbocycles. The third-order valence-corrected chi connectivity index (χ3v) is 4.21. The Morgan fingerprint density at radius 2 is 1.90 bits per heavy atom. The van der Waals surface area contributed by atoms with Gasteiger partial charge in [0.15, 0.2) is 0 Å². The predicted molar refractivity (Wildman–Crippen MR) is 75.2 cm³/mol. The van der Waals surface area contributed by atoms with Crippen molar-refractivity contribution in [1.29, 1.82) is 0 Å². The lowest BCUT2D eigenvalue weighted by atomic mass is 10.3. The van der Waals surface area contributed by atoms with Gasteiger partial charge in [-0.25, -0.2) is 12.8 Å². The summed E-state index contributed by atoms with van der Waals surface area (Å²) in [7, 11) is -2.49. The second kappa shape index (κ2) is 5.68. The van der Waals surface area contributed by atoms with E-state index in [0.717, 1.165) is 0 Å². The van der Waals surface area contributed by atoms with E-state index in [4.69, 9.17) is 16.3 Å². The van der Waals surface area contributed by atoms with Gasteiger partial charge in [-0.3, -0.25) is 4.72 Å². The van der Waals surface area contributed by atoms with Crippen molar-refractivity contribution in [2.45, 2.75) is 4.90 Å². The molecular formula is C13H11ClFNO3S. The molecule has 106 valence electrons. The number of rotatable bonds is 4. The maximum absolute atomic E-state index is 13.5. The Kier molecular flexibility index (Phi) is 4.15. The van der Waals surface area contributed by atoms with E-state index in [2.05, 4.69) is 4.72 Å². The summed E-state index contributed by atoms with van der Waals surface area (Å²) in [5.74, 6) is -0.299. The van der Waals surface area contributed by atoms with Crippen LogP contribution in [0.5, 0.6) is 5.75 Å². The van der Waals surface area contributed by atoms with E-state index in [1.54, 1.807) is 0 Å². The number of hydrogen-bond donors (Lipinski definition) is 1. The highest BCUT2D eigenvalue weighted by Crippen LogP contribution is 2.28. The van der Waals surface area contributed by atoms with Gasteiger partial charge >= 0.3 is 0 Å². The van der Waals surface area contributed by atoms with Crippen LogP contribution in [0, 0.1) is 5.82 Å². The Labute approximate surface area is 121 Å². The number of para-hydroxylation sites is 1. The molecule has 0 bridgehead atoms. The highest BCUT2D eigenvalue weighted by Gasteiger charge is 2.17. The third kappa shape index (κ3) is 3.02. The number of methoxy groups -OCH3 is 1. The lowest BCUT2D eigenvalue weighted by Gasteiger charge is -2.10. The van der Waals surface area contributed by atoms with Crippen molar-refractivity contribution in [3.05, 3.63) is 53.3 Å². The van der Waals surface area contributed by atoms with Gasteiger partial charge in [0.1, 0.15) is 11.6 Å². The zero-order valence-electron chi connectivity index (χ0n) is 10.4. The summed E-state index contributed by atoms with van der Waals surface area (Å²) in [6, 6.07) is 9.49. The minimum atomic E-state index is -3.91. The monoisotopic (exact) mass is 315 g/mol. The molecule has 2 rings (SSSR count). The molecule has 0 saturated carbocycles. The fourth-order valence-electron chi connectivity index (χ4n) is 1.56. The normalized spacial score (nSPS) is 11.2. The van der Waals surface area contributed by atoms with Gasteiger partial charge in [0.05, 0.1) is 22.7 Å². The van der Waals surface area contributed by atoms with Crippen molar-refractivity contribution in [3.63, 3.8) is 0 Å². The molecule has 0 amide bonds. The van der Waals surface area contributed by atoms with Crippen LogP contribution in [0.2, 0.25) is 5.02 Å². The van der Waals surface area contributed by atoms with Gasteiger partial charge in [0.2, 0.25) is 0 Å². The zero-order chi connectivity index (χ0) is 14.8. The van der Waals surface area contributed by atoms with Crippen LogP contribution in [-0.2, 0) is 10.0 Å². The molecule has 0 saturated heterocycles. The first-order valence-corrected chi connectivity index (χ1v) is 7.41. The summed E-state index contributed by atoms with van der Waals surface area (Å²) >= 11 is 5.88. The molecule has 2 aromatic rings. The molecule has 0 heterocycles. The molecule has 1 N–H and O–H groups in total. The van der Waals surface area contributed by atoms with Crippen LogP contribution < -0.4 is 9.46 Å². The summed E-state index contributed by atoms with van der Waals surface area (Å²) in [5.41, 5.74) is -0.126. The first-order valence-electron chi connectivity index (χ1n) is 5.55. The average molecular weight is 316 g/mol. The van der Waals surface area contributed by atoms with E-state index < -0.39 is 15.8 Å². The van der Waals surface area contributed by atoms with Crippen LogP contribution in [0.3, 0.4) is 0 Å². The van der Waals surface area contributed by atoms with E-state index in [9.17, 15) is 12.8 Å². The Balaban J connectivity index is 2.36. The summed E-state index contributed by atoms with van der Waals surface area (Å²) in [4.78, 5) is -0.0773. The van der Waals surface area contributed by atoms with Crippen molar-refractivity contribution < 1.29 is 17.5 Å². The molecule has 7 heteroatoms. The average Bonchev–Trinajstić information content (AvgIpc) is 2.41. The molecule has 0 aliphatic rings. The Bertz CT molecular complexity index is 734. The van der Waals surface area contributed by atoms with E-state index in [0.29, 0.717) is 5.75 Å². The van der Waals surface area contributed by atoms with Gasteiger partial charge in [0.25, 0.3) is 10.0 Å². The Morgan fingerprint density at radius 1 is 1.20 bits per heavy atom. The Hall–Kier alpha value is -1.79. The van der Waals surface area contributed by atoms with Crippen molar-refractivity contribution in [1.82, 2.24) is 0 Å². The molecule has 20 heavy (non-hydrogen) atoms. The predicted octanol–water partition coefficient (Wildman–Crippen LogP) is 3.29. The van der Waals surface area contributed by atoms with Crippen LogP contribution in [0.4, 0.5) is 10.1 Å². The molecule has 0 radical (unpaired) electrons. The molecule has 0 aliphatic carbocycles. The quantitative estimate of drug-likeness (QED) is 0.942. The summed E-state index contributed by atoms with van der Waals surface area (Å²) in [6.45, 7) is 0. The lowest BCUT2D eigenvalue weighted by Crippen LogP contribution is -2.14. The molecule has 0 aromatic heterocycles. The van der Waals surface area contributed by atoms with Crippen molar-refractivity contribution in [2.75, 3.05) is 11.8 Å². The van der Waals surface area contributed by atoms with Crippen LogP contribution in [0.15, 0.2) is 47.4 Å². The molecular weight excluding hydrogens is 305 g/mol.